The van der Waals surface area contributed by atoms with Gasteiger partial charge >= 0.3 is 0 Å². The lowest BCUT2D eigenvalue weighted by atomic mass is 9.85. The summed E-state index contributed by atoms with van der Waals surface area (Å²) in [7, 11) is 0. The molecule has 0 aliphatic heterocycles. The lowest BCUT2D eigenvalue weighted by Gasteiger charge is -2.27. The average Bonchev–Trinajstić information content (AvgIpc) is 2.38. The first-order valence-electron chi connectivity index (χ1n) is 6.14. The molecular formula is C13H20N2S. The van der Waals surface area contributed by atoms with E-state index < -0.39 is 0 Å². The van der Waals surface area contributed by atoms with Crippen molar-refractivity contribution in [2.75, 3.05) is 5.75 Å². The van der Waals surface area contributed by atoms with Gasteiger partial charge in [0.25, 0.3) is 0 Å². The van der Waals surface area contributed by atoms with E-state index in [1.54, 1.807) is 0 Å². The number of hydrogen-bond donors (Lipinski definition) is 1. The Morgan fingerprint density at radius 3 is 2.62 bits per heavy atom. The van der Waals surface area contributed by atoms with E-state index in [9.17, 15) is 0 Å². The fraction of sp³-hybridized carbons (Fsp3) is 0.615. The summed E-state index contributed by atoms with van der Waals surface area (Å²) in [6, 6.07) is 4.47. The van der Waals surface area contributed by atoms with Crippen molar-refractivity contribution in [3.63, 3.8) is 0 Å². The van der Waals surface area contributed by atoms with Crippen LogP contribution in [0.15, 0.2) is 29.4 Å². The number of nitrogens with two attached hydrogens (primary N) is 1. The highest BCUT2D eigenvalue weighted by Gasteiger charge is 2.20. The molecule has 0 radical (unpaired) electrons. The van der Waals surface area contributed by atoms with E-state index in [1.807, 2.05) is 24.2 Å². The Balaban J connectivity index is 1.76. The van der Waals surface area contributed by atoms with Crippen molar-refractivity contribution in [3.05, 3.63) is 24.5 Å². The van der Waals surface area contributed by atoms with Crippen LogP contribution in [0.5, 0.6) is 0 Å². The minimum atomic E-state index is 0.360. The van der Waals surface area contributed by atoms with Crippen LogP contribution in [0.25, 0.3) is 0 Å². The van der Waals surface area contributed by atoms with Crippen LogP contribution in [-0.2, 0) is 0 Å². The molecule has 1 aliphatic rings. The van der Waals surface area contributed by atoms with Crippen LogP contribution in [0.3, 0.4) is 0 Å². The van der Waals surface area contributed by atoms with Gasteiger partial charge in [0, 0.05) is 29.1 Å². The molecule has 2 rings (SSSR count). The number of hydrogen-bond acceptors (Lipinski definition) is 3. The third-order valence-corrected chi connectivity index (χ3v) is 4.50. The zero-order valence-electron chi connectivity index (χ0n) is 9.64. The molecule has 1 unspecified atom stereocenters. The molecule has 88 valence electrons. The zero-order chi connectivity index (χ0) is 11.2. The Morgan fingerprint density at radius 1 is 1.25 bits per heavy atom. The summed E-state index contributed by atoms with van der Waals surface area (Å²) >= 11 is 1.86. The van der Waals surface area contributed by atoms with Crippen molar-refractivity contribution >= 4 is 11.8 Å². The molecule has 16 heavy (non-hydrogen) atoms. The standard InChI is InChI=1S/C13H20N2S/c14-13(11-4-2-1-3-5-11)10-16-12-6-8-15-9-7-12/h6-9,11,13H,1-5,10,14H2. The summed E-state index contributed by atoms with van der Waals surface area (Å²) in [5, 5.41) is 0. The number of nitrogens with zero attached hydrogens (tertiary/aromatic N) is 1. The van der Waals surface area contributed by atoms with Gasteiger partial charge in [0.1, 0.15) is 0 Å². The maximum absolute atomic E-state index is 6.26. The summed E-state index contributed by atoms with van der Waals surface area (Å²) in [6.07, 6.45) is 10.5. The minimum Gasteiger partial charge on any atom is -0.327 e. The molecule has 1 aromatic heterocycles. The van der Waals surface area contributed by atoms with Crippen molar-refractivity contribution in [1.29, 1.82) is 0 Å². The highest BCUT2D eigenvalue weighted by Crippen LogP contribution is 2.28. The largest absolute Gasteiger partial charge is 0.327 e. The molecule has 1 aromatic rings. The maximum Gasteiger partial charge on any atom is 0.0278 e. The highest BCUT2D eigenvalue weighted by atomic mass is 32.2. The van der Waals surface area contributed by atoms with E-state index in [0.717, 1.165) is 11.7 Å². The van der Waals surface area contributed by atoms with Crippen molar-refractivity contribution in [2.24, 2.45) is 11.7 Å². The van der Waals surface area contributed by atoms with Gasteiger partial charge in [-0.3, -0.25) is 4.98 Å². The van der Waals surface area contributed by atoms with Crippen molar-refractivity contribution < 1.29 is 0 Å². The summed E-state index contributed by atoms with van der Waals surface area (Å²) in [4.78, 5) is 5.30. The van der Waals surface area contributed by atoms with Crippen LogP contribution in [0, 0.1) is 5.92 Å². The van der Waals surface area contributed by atoms with Gasteiger partial charge in [0.15, 0.2) is 0 Å². The second-order valence-electron chi connectivity index (χ2n) is 4.56. The first kappa shape index (κ1) is 11.9. The fourth-order valence-electron chi connectivity index (χ4n) is 2.33. The third-order valence-electron chi connectivity index (χ3n) is 3.35. The van der Waals surface area contributed by atoms with Gasteiger partial charge in [-0.1, -0.05) is 19.3 Å². The van der Waals surface area contributed by atoms with Crippen molar-refractivity contribution in [2.45, 2.75) is 43.0 Å². The Morgan fingerprint density at radius 2 is 1.94 bits per heavy atom. The SMILES string of the molecule is NC(CSc1ccncc1)C1CCCCC1. The monoisotopic (exact) mass is 236 g/mol. The van der Waals surface area contributed by atoms with Gasteiger partial charge < -0.3 is 5.73 Å². The fourth-order valence-corrected chi connectivity index (χ4v) is 3.30. The van der Waals surface area contributed by atoms with Crippen LogP contribution in [-0.4, -0.2) is 16.8 Å². The first-order valence-corrected chi connectivity index (χ1v) is 7.13. The van der Waals surface area contributed by atoms with Gasteiger partial charge in [-0.05, 0) is 30.9 Å². The molecule has 1 saturated carbocycles. The molecular weight excluding hydrogens is 216 g/mol. The van der Waals surface area contributed by atoms with Gasteiger partial charge in [0.2, 0.25) is 0 Å². The molecule has 0 amide bonds. The Bertz CT molecular complexity index is 296. The molecule has 1 atom stereocenters. The smallest absolute Gasteiger partial charge is 0.0278 e. The minimum absolute atomic E-state index is 0.360. The number of aromatic nitrogens is 1. The molecule has 0 spiro atoms. The van der Waals surface area contributed by atoms with Crippen LogP contribution in [0.1, 0.15) is 32.1 Å². The van der Waals surface area contributed by atoms with Crippen LogP contribution < -0.4 is 5.73 Å². The topological polar surface area (TPSA) is 38.9 Å². The van der Waals surface area contributed by atoms with E-state index in [4.69, 9.17) is 5.73 Å². The molecule has 0 saturated heterocycles. The Kier molecular flexibility index (Phi) is 4.67. The third kappa shape index (κ3) is 3.49. The molecule has 3 heteroatoms. The molecule has 1 fully saturated rings. The number of rotatable bonds is 4. The van der Waals surface area contributed by atoms with Crippen LogP contribution in [0.4, 0.5) is 0 Å². The molecule has 1 aliphatic carbocycles. The Labute approximate surface area is 102 Å². The van der Waals surface area contributed by atoms with E-state index in [-0.39, 0.29) is 0 Å². The van der Waals surface area contributed by atoms with Crippen LogP contribution in [0.2, 0.25) is 0 Å². The highest BCUT2D eigenvalue weighted by molar-refractivity contribution is 7.99. The van der Waals surface area contributed by atoms with Gasteiger partial charge in [-0.15, -0.1) is 11.8 Å². The summed E-state index contributed by atoms with van der Waals surface area (Å²) in [6.45, 7) is 0. The normalized spacial score (nSPS) is 19.6. The van der Waals surface area contributed by atoms with Crippen LogP contribution >= 0.6 is 11.8 Å². The molecule has 1 heterocycles. The number of thioether (sulfide) groups is 1. The number of pyridine rings is 1. The molecule has 0 aromatic carbocycles. The second-order valence-corrected chi connectivity index (χ2v) is 5.65. The summed E-state index contributed by atoms with van der Waals surface area (Å²) in [5.41, 5.74) is 6.26. The molecule has 2 N–H and O–H groups in total. The predicted octanol–water partition coefficient (Wildman–Crippen LogP) is 3.08. The van der Waals surface area contributed by atoms with E-state index >= 15 is 0 Å². The van der Waals surface area contributed by atoms with Gasteiger partial charge in [-0.2, -0.15) is 0 Å². The van der Waals surface area contributed by atoms with E-state index in [1.165, 1.54) is 37.0 Å². The first-order chi connectivity index (χ1) is 7.86. The lowest BCUT2D eigenvalue weighted by molar-refractivity contribution is 0.319. The quantitative estimate of drug-likeness (QED) is 0.817. The zero-order valence-corrected chi connectivity index (χ0v) is 10.5. The average molecular weight is 236 g/mol. The van der Waals surface area contributed by atoms with Crippen molar-refractivity contribution in [1.82, 2.24) is 4.98 Å². The molecule has 0 bridgehead atoms. The van der Waals surface area contributed by atoms with E-state index in [0.29, 0.717) is 6.04 Å². The second kappa shape index (κ2) is 6.26. The van der Waals surface area contributed by atoms with E-state index in [2.05, 4.69) is 17.1 Å². The van der Waals surface area contributed by atoms with Crippen molar-refractivity contribution in [3.8, 4) is 0 Å². The van der Waals surface area contributed by atoms with Gasteiger partial charge in [-0.25, -0.2) is 0 Å². The summed E-state index contributed by atoms with van der Waals surface area (Å²) < 4.78 is 0. The summed E-state index contributed by atoms with van der Waals surface area (Å²) in [5.74, 6) is 1.79. The Hall–Kier alpha value is -0.540. The lowest BCUT2D eigenvalue weighted by Crippen LogP contribution is -2.33. The van der Waals surface area contributed by atoms with Gasteiger partial charge in [0.05, 0.1) is 0 Å². The molecule has 2 nitrogen and oxygen atoms in total. The predicted molar refractivity (Wildman–Crippen MR) is 69.5 cm³/mol. The maximum atomic E-state index is 6.26.